The van der Waals surface area contributed by atoms with Crippen molar-refractivity contribution in [1.82, 2.24) is 10.6 Å². The van der Waals surface area contributed by atoms with Crippen LogP contribution in [0.5, 0.6) is 11.5 Å². The van der Waals surface area contributed by atoms with E-state index in [0.717, 1.165) is 0 Å². The predicted molar refractivity (Wildman–Crippen MR) is 92.5 cm³/mol. The van der Waals surface area contributed by atoms with Crippen LogP contribution in [-0.4, -0.2) is 31.8 Å². The highest BCUT2D eigenvalue weighted by Gasteiger charge is 2.35. The molecule has 0 aliphatic carbocycles. The van der Waals surface area contributed by atoms with Gasteiger partial charge in [0.25, 0.3) is 0 Å². The maximum Gasteiger partial charge on any atom is 0.338 e. The Hall–Kier alpha value is -2.70. The third-order valence-electron chi connectivity index (χ3n) is 3.64. The number of hydrogen-bond acceptors (Lipinski definition) is 5. The van der Waals surface area contributed by atoms with Gasteiger partial charge in [-0.1, -0.05) is 0 Å². The second kappa shape index (κ2) is 7.04. The average molecular weight is 348 g/mol. The molecular formula is C18H24N2O5. The van der Waals surface area contributed by atoms with Gasteiger partial charge in [-0.2, -0.15) is 0 Å². The van der Waals surface area contributed by atoms with E-state index in [1.165, 1.54) is 7.11 Å². The Morgan fingerprint density at radius 1 is 1.16 bits per heavy atom. The molecule has 0 spiro atoms. The second-order valence-electron chi connectivity index (χ2n) is 6.68. The van der Waals surface area contributed by atoms with Crippen LogP contribution in [0.4, 0.5) is 4.79 Å². The summed E-state index contributed by atoms with van der Waals surface area (Å²) in [6.45, 7) is 7.04. The molecule has 0 fully saturated rings. The Morgan fingerprint density at radius 2 is 1.84 bits per heavy atom. The van der Waals surface area contributed by atoms with Crippen LogP contribution < -0.4 is 20.1 Å². The Labute approximate surface area is 147 Å². The van der Waals surface area contributed by atoms with Crippen LogP contribution in [0.2, 0.25) is 0 Å². The molecule has 1 aliphatic rings. The molecule has 1 aliphatic heterocycles. The molecule has 1 heterocycles. The zero-order valence-corrected chi connectivity index (χ0v) is 15.4. The monoisotopic (exact) mass is 348 g/mol. The molecule has 1 aromatic carbocycles. The average Bonchev–Trinajstić information content (AvgIpc) is 2.51. The second-order valence-corrected chi connectivity index (χ2v) is 6.68. The number of nitrogens with one attached hydrogen (secondary N) is 2. The highest BCUT2D eigenvalue weighted by Crippen LogP contribution is 2.36. The van der Waals surface area contributed by atoms with Gasteiger partial charge in [-0.3, -0.25) is 0 Å². The first-order valence-electron chi connectivity index (χ1n) is 7.90. The van der Waals surface area contributed by atoms with Crippen molar-refractivity contribution in [2.45, 2.75) is 39.3 Å². The molecule has 0 radical (unpaired) electrons. The highest BCUT2D eigenvalue weighted by molar-refractivity contribution is 5.95. The SMILES string of the molecule is COc1ccc([C@@H]2NC(=O)NC(C)=C2C(=O)OC(C)(C)C)c(OC)c1. The van der Waals surface area contributed by atoms with Crippen molar-refractivity contribution in [2.24, 2.45) is 0 Å². The molecule has 136 valence electrons. The zero-order chi connectivity index (χ0) is 18.8. The summed E-state index contributed by atoms with van der Waals surface area (Å²) in [5, 5.41) is 5.38. The summed E-state index contributed by atoms with van der Waals surface area (Å²) in [7, 11) is 3.07. The third-order valence-corrected chi connectivity index (χ3v) is 3.64. The summed E-state index contributed by atoms with van der Waals surface area (Å²) in [6, 6.07) is 4.11. The predicted octanol–water partition coefficient (Wildman–Crippen LogP) is 2.67. The van der Waals surface area contributed by atoms with Crippen LogP contribution in [0.1, 0.15) is 39.3 Å². The van der Waals surface area contributed by atoms with Crippen molar-refractivity contribution >= 4 is 12.0 Å². The smallest absolute Gasteiger partial charge is 0.338 e. The van der Waals surface area contributed by atoms with E-state index < -0.39 is 23.6 Å². The maximum atomic E-state index is 12.7. The van der Waals surface area contributed by atoms with Crippen LogP contribution in [0.25, 0.3) is 0 Å². The molecule has 0 saturated heterocycles. The van der Waals surface area contributed by atoms with Gasteiger partial charge >= 0.3 is 12.0 Å². The highest BCUT2D eigenvalue weighted by atomic mass is 16.6. The van der Waals surface area contributed by atoms with Crippen LogP contribution >= 0.6 is 0 Å². The number of urea groups is 1. The number of amides is 2. The minimum absolute atomic E-state index is 0.331. The topological polar surface area (TPSA) is 85.9 Å². The van der Waals surface area contributed by atoms with E-state index in [4.69, 9.17) is 14.2 Å². The lowest BCUT2D eigenvalue weighted by Gasteiger charge is -2.31. The normalized spacial score (nSPS) is 17.5. The van der Waals surface area contributed by atoms with Crippen molar-refractivity contribution in [1.29, 1.82) is 0 Å². The fourth-order valence-electron chi connectivity index (χ4n) is 2.59. The molecule has 0 saturated carbocycles. The van der Waals surface area contributed by atoms with E-state index >= 15 is 0 Å². The summed E-state index contributed by atoms with van der Waals surface area (Å²) in [6.07, 6.45) is 0. The van der Waals surface area contributed by atoms with Gasteiger partial charge in [-0.15, -0.1) is 0 Å². The fourth-order valence-corrected chi connectivity index (χ4v) is 2.59. The van der Waals surface area contributed by atoms with Crippen molar-refractivity contribution in [3.05, 3.63) is 35.0 Å². The Morgan fingerprint density at radius 3 is 2.40 bits per heavy atom. The number of carbonyl (C=O) groups excluding carboxylic acids is 2. The summed E-state index contributed by atoms with van der Waals surface area (Å²) < 4.78 is 16.1. The standard InChI is InChI=1S/C18H24N2O5/c1-10-14(16(21)25-18(2,3)4)15(20-17(22)19-10)12-8-7-11(23-5)9-13(12)24-6/h7-9,15H,1-6H3,(H2,19,20,22)/t15-/m0/s1. The first kappa shape index (κ1) is 18.6. The molecule has 0 aromatic heterocycles. The van der Waals surface area contributed by atoms with Gasteiger partial charge in [-0.25, -0.2) is 9.59 Å². The van der Waals surface area contributed by atoms with E-state index in [1.807, 2.05) is 0 Å². The lowest BCUT2D eigenvalue weighted by atomic mass is 9.94. The number of esters is 1. The lowest BCUT2D eigenvalue weighted by molar-refractivity contribution is -0.150. The van der Waals surface area contributed by atoms with Gasteiger partial charge in [-0.05, 0) is 39.8 Å². The van der Waals surface area contributed by atoms with Crippen molar-refractivity contribution in [3.63, 3.8) is 0 Å². The van der Waals surface area contributed by atoms with E-state index in [0.29, 0.717) is 28.3 Å². The summed E-state index contributed by atoms with van der Waals surface area (Å²) >= 11 is 0. The van der Waals surface area contributed by atoms with Crippen molar-refractivity contribution < 1.29 is 23.8 Å². The molecule has 1 aromatic rings. The molecule has 0 unspecified atom stereocenters. The van der Waals surface area contributed by atoms with Crippen LogP contribution in [0.3, 0.4) is 0 Å². The Bertz CT molecular complexity index is 719. The number of methoxy groups -OCH3 is 2. The number of allylic oxidation sites excluding steroid dienone is 1. The molecule has 7 nitrogen and oxygen atoms in total. The fraction of sp³-hybridized carbons (Fsp3) is 0.444. The van der Waals surface area contributed by atoms with E-state index in [2.05, 4.69) is 10.6 Å². The summed E-state index contributed by atoms with van der Waals surface area (Å²) in [4.78, 5) is 24.7. The number of hydrogen-bond donors (Lipinski definition) is 2. The molecule has 1 atom stereocenters. The summed E-state index contributed by atoms with van der Waals surface area (Å²) in [5.74, 6) is 0.612. The van der Waals surface area contributed by atoms with Crippen LogP contribution in [-0.2, 0) is 9.53 Å². The van der Waals surface area contributed by atoms with Gasteiger partial charge in [0.2, 0.25) is 0 Å². The molecular weight excluding hydrogens is 324 g/mol. The van der Waals surface area contributed by atoms with Gasteiger partial charge in [0, 0.05) is 17.3 Å². The van der Waals surface area contributed by atoms with Crippen LogP contribution in [0, 0.1) is 0 Å². The maximum absolute atomic E-state index is 12.7. The number of ether oxygens (including phenoxy) is 3. The number of carbonyl (C=O) groups is 2. The molecule has 7 heteroatoms. The van der Waals surface area contributed by atoms with Crippen molar-refractivity contribution in [3.8, 4) is 11.5 Å². The van der Waals surface area contributed by atoms with Gasteiger partial charge in [0.05, 0.1) is 25.8 Å². The summed E-state index contributed by atoms with van der Waals surface area (Å²) in [5.41, 5.74) is 0.762. The van der Waals surface area contributed by atoms with E-state index in [-0.39, 0.29) is 0 Å². The largest absolute Gasteiger partial charge is 0.497 e. The molecule has 2 rings (SSSR count). The van der Waals surface area contributed by atoms with Gasteiger partial charge in [0.15, 0.2) is 0 Å². The molecule has 25 heavy (non-hydrogen) atoms. The molecule has 0 bridgehead atoms. The first-order valence-corrected chi connectivity index (χ1v) is 7.90. The molecule has 2 N–H and O–H groups in total. The lowest BCUT2D eigenvalue weighted by Crippen LogP contribution is -2.46. The minimum atomic E-state index is -0.690. The number of rotatable bonds is 4. The quantitative estimate of drug-likeness (QED) is 0.817. The van der Waals surface area contributed by atoms with E-state index in [1.54, 1.807) is 53.0 Å². The Kier molecular flexibility index (Phi) is 5.25. The zero-order valence-electron chi connectivity index (χ0n) is 15.4. The third kappa shape index (κ3) is 4.23. The van der Waals surface area contributed by atoms with Crippen LogP contribution in [0.15, 0.2) is 29.5 Å². The van der Waals surface area contributed by atoms with Gasteiger partial charge in [0.1, 0.15) is 17.1 Å². The molecule has 2 amide bonds. The minimum Gasteiger partial charge on any atom is -0.497 e. The van der Waals surface area contributed by atoms with Gasteiger partial charge < -0.3 is 24.8 Å². The van der Waals surface area contributed by atoms with Crippen molar-refractivity contribution in [2.75, 3.05) is 14.2 Å². The first-order chi connectivity index (χ1) is 11.7. The Balaban J connectivity index is 2.51. The number of benzene rings is 1. The van der Waals surface area contributed by atoms with E-state index in [9.17, 15) is 9.59 Å².